The Labute approximate surface area is 285 Å². The lowest BCUT2D eigenvalue weighted by Gasteiger charge is -2.21. The Morgan fingerprint density at radius 2 is 1.45 bits per heavy atom. The smallest absolute Gasteiger partial charge is 0.407 e. The lowest BCUT2D eigenvalue weighted by atomic mass is 10.2. The summed E-state index contributed by atoms with van der Waals surface area (Å²) in [6.07, 6.45) is 3.96. The largest absolute Gasteiger partial charge is 0.494 e. The molecular weight excluding hydrogens is 600 g/mol. The zero-order chi connectivity index (χ0) is 36.1. The molecule has 47 heavy (non-hydrogen) atoms. The molecule has 2 aromatic carbocycles. The molecule has 1 amide bonds. The number of alkyl carbamates (subject to hydrolysis) is 1. The summed E-state index contributed by atoms with van der Waals surface area (Å²) in [6.45, 7) is 26.2. The molecule has 0 aliphatic carbocycles. The Hall–Kier alpha value is -3.05. The van der Waals surface area contributed by atoms with E-state index in [4.69, 9.17) is 34.2 Å². The molecule has 0 aromatic heterocycles. The van der Waals surface area contributed by atoms with Crippen molar-refractivity contribution in [3.63, 3.8) is 0 Å². The highest BCUT2D eigenvalue weighted by Crippen LogP contribution is 2.32. The van der Waals surface area contributed by atoms with Gasteiger partial charge in [0, 0.05) is 26.3 Å². The molecule has 1 aliphatic heterocycles. The number of nitrogens with zero attached hydrogens (tertiary/aromatic N) is 1. The van der Waals surface area contributed by atoms with Crippen molar-refractivity contribution in [3.8, 4) is 17.2 Å². The topological polar surface area (TPSA) is 119 Å². The van der Waals surface area contributed by atoms with E-state index >= 15 is 0 Å². The van der Waals surface area contributed by atoms with Crippen LogP contribution in [0.5, 0.6) is 17.2 Å². The third kappa shape index (κ3) is 28.9. The van der Waals surface area contributed by atoms with Crippen molar-refractivity contribution in [1.82, 2.24) is 10.2 Å². The lowest BCUT2D eigenvalue weighted by Crippen LogP contribution is -2.34. The maximum absolute atomic E-state index is 11.3. The summed E-state index contributed by atoms with van der Waals surface area (Å²) >= 11 is 0. The molecule has 1 aliphatic rings. The van der Waals surface area contributed by atoms with Crippen LogP contribution in [0, 0.1) is 19.8 Å². The van der Waals surface area contributed by atoms with Crippen LogP contribution in [0.15, 0.2) is 42.5 Å². The van der Waals surface area contributed by atoms with Gasteiger partial charge in [-0.25, -0.2) is 4.79 Å². The van der Waals surface area contributed by atoms with Gasteiger partial charge in [-0.05, 0) is 110 Å². The van der Waals surface area contributed by atoms with Crippen molar-refractivity contribution < 1.29 is 39.0 Å². The van der Waals surface area contributed by atoms with Gasteiger partial charge in [0.25, 0.3) is 0 Å². The second kappa shape index (κ2) is 29.1. The van der Waals surface area contributed by atoms with E-state index in [1.54, 1.807) is 0 Å². The van der Waals surface area contributed by atoms with Crippen molar-refractivity contribution >= 4 is 6.09 Å². The molecule has 0 spiro atoms. The molecule has 0 saturated heterocycles. The van der Waals surface area contributed by atoms with E-state index in [1.165, 1.54) is 11.1 Å². The van der Waals surface area contributed by atoms with Crippen molar-refractivity contribution in [2.45, 2.75) is 101 Å². The SMILES string of the molecule is CC(C)CN(C)CCCNC(=O)OC(C)(C)C.CCCOCCC.CCCOc1ccc(C)cc1.Cc1ccc2c(c1)OCO2.OO. The molecule has 3 N–H and O–H groups in total. The van der Waals surface area contributed by atoms with Gasteiger partial charge in [-0.3, -0.25) is 10.5 Å². The van der Waals surface area contributed by atoms with E-state index in [-0.39, 0.29) is 6.09 Å². The van der Waals surface area contributed by atoms with E-state index in [9.17, 15) is 4.79 Å². The fraction of sp³-hybridized carbons (Fsp3) is 0.649. The minimum atomic E-state index is -0.418. The van der Waals surface area contributed by atoms with Crippen molar-refractivity contribution in [2.75, 3.05) is 53.3 Å². The zero-order valence-corrected chi connectivity index (χ0v) is 31.2. The Bertz CT molecular complexity index is 1010. The first-order valence-corrected chi connectivity index (χ1v) is 16.8. The van der Waals surface area contributed by atoms with E-state index in [2.05, 4.69) is 70.9 Å². The van der Waals surface area contributed by atoms with Crippen LogP contribution < -0.4 is 19.5 Å². The number of carbonyl (C=O) groups excluding carboxylic acids is 1. The van der Waals surface area contributed by atoms with Crippen LogP contribution in [0.2, 0.25) is 0 Å². The van der Waals surface area contributed by atoms with E-state index in [0.717, 1.165) is 75.8 Å². The summed E-state index contributed by atoms with van der Waals surface area (Å²) < 4.78 is 26.0. The standard InChI is InChI=1S/C13H28N2O2.C10H14O.C8H8O2.C6H14O.H2O2/c1-11(2)10-15(6)9-7-8-14-12(16)17-13(3,4)5;1-3-8-11-10-6-4-9(2)5-7-10;1-6-2-3-7-8(4-6)10-5-9-7;1-3-5-7-6-4-2;1-2/h11H,7-10H2,1-6H3,(H,14,16);4-7H,3,8H2,1-2H3;2-4H,5H2,1H3;3-6H2,1-2H3;1-2H. The van der Waals surface area contributed by atoms with Gasteiger partial charge in [-0.15, -0.1) is 0 Å². The normalized spacial score (nSPS) is 11.0. The van der Waals surface area contributed by atoms with E-state index < -0.39 is 5.60 Å². The number of hydrogen-bond donors (Lipinski definition) is 3. The van der Waals surface area contributed by atoms with Gasteiger partial charge in [0.1, 0.15) is 11.4 Å². The molecule has 272 valence electrons. The highest BCUT2D eigenvalue weighted by Gasteiger charge is 2.15. The molecule has 0 radical (unpaired) electrons. The zero-order valence-electron chi connectivity index (χ0n) is 31.2. The first-order chi connectivity index (χ1) is 22.3. The molecule has 0 unspecified atom stereocenters. The van der Waals surface area contributed by atoms with Crippen LogP contribution >= 0.6 is 0 Å². The Kier molecular flexibility index (Phi) is 28.5. The predicted octanol–water partition coefficient (Wildman–Crippen LogP) is 8.84. The first-order valence-electron chi connectivity index (χ1n) is 16.8. The molecule has 0 atom stereocenters. The Morgan fingerprint density at radius 3 is 1.98 bits per heavy atom. The molecule has 0 saturated carbocycles. The third-order valence-corrected chi connectivity index (χ3v) is 5.78. The van der Waals surface area contributed by atoms with Gasteiger partial charge in [0.15, 0.2) is 11.5 Å². The molecule has 2 aromatic rings. The number of aryl methyl sites for hydroxylation is 2. The van der Waals surface area contributed by atoms with E-state index in [1.807, 2.05) is 58.0 Å². The van der Waals surface area contributed by atoms with Gasteiger partial charge < -0.3 is 33.9 Å². The number of fused-ring (bicyclic) bond motifs is 1. The molecular formula is C37H66N2O8. The second-order valence-electron chi connectivity index (χ2n) is 12.6. The van der Waals surface area contributed by atoms with Crippen LogP contribution in [-0.4, -0.2) is 80.4 Å². The summed E-state index contributed by atoms with van der Waals surface area (Å²) in [5, 5.41) is 14.8. The molecule has 0 bridgehead atoms. The van der Waals surface area contributed by atoms with Crippen LogP contribution in [0.25, 0.3) is 0 Å². The summed E-state index contributed by atoms with van der Waals surface area (Å²) in [7, 11) is 2.10. The number of amides is 1. The molecule has 3 rings (SSSR count). The number of nitrogens with one attached hydrogen (secondary N) is 1. The lowest BCUT2D eigenvalue weighted by molar-refractivity contribution is -0.176. The van der Waals surface area contributed by atoms with Gasteiger partial charge in [-0.1, -0.05) is 58.4 Å². The fourth-order valence-electron chi connectivity index (χ4n) is 3.82. The third-order valence-electron chi connectivity index (χ3n) is 5.78. The molecule has 0 fully saturated rings. The number of ether oxygens (including phenoxy) is 5. The van der Waals surface area contributed by atoms with Crippen LogP contribution in [0.3, 0.4) is 0 Å². The summed E-state index contributed by atoms with van der Waals surface area (Å²) in [5.74, 6) is 3.36. The van der Waals surface area contributed by atoms with E-state index in [0.29, 0.717) is 19.3 Å². The average molecular weight is 667 g/mol. The fourth-order valence-corrected chi connectivity index (χ4v) is 3.82. The van der Waals surface area contributed by atoms with Crippen LogP contribution in [0.1, 0.15) is 92.2 Å². The molecule has 10 heteroatoms. The highest BCUT2D eigenvalue weighted by atomic mass is 17.0. The van der Waals surface area contributed by atoms with Crippen molar-refractivity contribution in [2.24, 2.45) is 5.92 Å². The molecule has 1 heterocycles. The predicted molar refractivity (Wildman–Crippen MR) is 192 cm³/mol. The summed E-state index contributed by atoms with van der Waals surface area (Å²) in [5.41, 5.74) is 2.05. The quantitative estimate of drug-likeness (QED) is 0.109. The minimum Gasteiger partial charge on any atom is -0.494 e. The number of hydrogen-bond acceptors (Lipinski definition) is 9. The summed E-state index contributed by atoms with van der Waals surface area (Å²) in [4.78, 5) is 13.6. The highest BCUT2D eigenvalue weighted by molar-refractivity contribution is 5.67. The van der Waals surface area contributed by atoms with Gasteiger partial charge in [0.2, 0.25) is 6.79 Å². The van der Waals surface area contributed by atoms with Gasteiger partial charge in [0.05, 0.1) is 6.61 Å². The van der Waals surface area contributed by atoms with Crippen molar-refractivity contribution in [3.05, 3.63) is 53.6 Å². The number of rotatable bonds is 13. The summed E-state index contributed by atoms with van der Waals surface area (Å²) in [6, 6.07) is 14.0. The van der Waals surface area contributed by atoms with Gasteiger partial charge in [-0.2, -0.15) is 0 Å². The number of carbonyl (C=O) groups is 1. The Morgan fingerprint density at radius 1 is 0.894 bits per heavy atom. The van der Waals surface area contributed by atoms with Crippen molar-refractivity contribution in [1.29, 1.82) is 0 Å². The first kappa shape index (κ1) is 46.1. The average Bonchev–Trinajstić information content (AvgIpc) is 3.48. The molecule has 10 nitrogen and oxygen atoms in total. The number of benzene rings is 2. The second-order valence-corrected chi connectivity index (χ2v) is 12.6. The van der Waals surface area contributed by atoms with Crippen LogP contribution in [0.4, 0.5) is 4.79 Å². The van der Waals surface area contributed by atoms with Crippen LogP contribution in [-0.2, 0) is 9.47 Å². The maximum Gasteiger partial charge on any atom is 0.407 e. The monoisotopic (exact) mass is 666 g/mol. The Balaban J connectivity index is 0. The van der Waals surface area contributed by atoms with Gasteiger partial charge >= 0.3 is 6.09 Å². The maximum atomic E-state index is 11.3. The minimum absolute atomic E-state index is 0.330.